The first kappa shape index (κ1) is 17.7. The van der Waals surface area contributed by atoms with Crippen LogP contribution in [0.3, 0.4) is 0 Å². The van der Waals surface area contributed by atoms with Crippen molar-refractivity contribution >= 4 is 32.3 Å². The number of benzene rings is 6. The Morgan fingerprint density at radius 2 is 0.938 bits per heavy atom. The number of rotatable bonds is 0. The summed E-state index contributed by atoms with van der Waals surface area (Å²) in [6.45, 7) is 0. The van der Waals surface area contributed by atoms with Gasteiger partial charge in [-0.15, -0.1) is 0 Å². The summed E-state index contributed by atoms with van der Waals surface area (Å²) in [7, 11) is 0. The molecule has 150 valence electrons. The molecular formula is C32H22. The van der Waals surface area contributed by atoms with Crippen molar-refractivity contribution in [3.8, 4) is 22.3 Å². The molecule has 0 spiro atoms. The van der Waals surface area contributed by atoms with Gasteiger partial charge in [0.05, 0.1) is 0 Å². The highest BCUT2D eigenvalue weighted by molar-refractivity contribution is 6.15. The first-order valence-corrected chi connectivity index (χ1v) is 11.4. The van der Waals surface area contributed by atoms with E-state index in [9.17, 15) is 0 Å². The molecule has 2 aliphatic carbocycles. The maximum atomic E-state index is 2.37. The van der Waals surface area contributed by atoms with E-state index in [0.29, 0.717) is 0 Å². The number of hydrogen-bond acceptors (Lipinski definition) is 0. The molecule has 6 aromatic carbocycles. The smallest absolute Gasteiger partial charge is 0.00264 e. The Hall–Kier alpha value is -3.90. The predicted octanol–water partition coefficient (Wildman–Crippen LogP) is 8.58. The van der Waals surface area contributed by atoms with E-state index in [0.717, 1.165) is 0 Å². The molecule has 32 heavy (non-hydrogen) atoms. The van der Waals surface area contributed by atoms with Gasteiger partial charge in [-0.2, -0.15) is 0 Å². The van der Waals surface area contributed by atoms with Gasteiger partial charge in [-0.25, -0.2) is 0 Å². The zero-order valence-electron chi connectivity index (χ0n) is 17.8. The second-order valence-corrected chi connectivity index (χ2v) is 8.85. The van der Waals surface area contributed by atoms with Crippen molar-refractivity contribution in [2.45, 2.75) is 12.8 Å². The Balaban J connectivity index is 0.000000113. The van der Waals surface area contributed by atoms with Gasteiger partial charge in [0.2, 0.25) is 0 Å². The number of fused-ring (bicyclic) bond motifs is 5. The Morgan fingerprint density at radius 1 is 0.375 bits per heavy atom. The maximum absolute atomic E-state index is 2.37. The van der Waals surface area contributed by atoms with Crippen LogP contribution >= 0.6 is 0 Å². The van der Waals surface area contributed by atoms with Crippen molar-refractivity contribution in [1.82, 2.24) is 0 Å². The summed E-state index contributed by atoms with van der Waals surface area (Å²) in [6.07, 6.45) is 2.42. The molecule has 0 aromatic heterocycles. The van der Waals surface area contributed by atoms with Gasteiger partial charge in [-0.3, -0.25) is 0 Å². The van der Waals surface area contributed by atoms with E-state index >= 15 is 0 Å². The maximum Gasteiger partial charge on any atom is -0.00264 e. The van der Waals surface area contributed by atoms with Gasteiger partial charge in [0.15, 0.2) is 0 Å². The molecule has 0 bridgehead atoms. The van der Waals surface area contributed by atoms with E-state index < -0.39 is 0 Å². The second kappa shape index (κ2) is 6.80. The third-order valence-electron chi connectivity index (χ3n) is 7.13. The molecule has 8 rings (SSSR count). The van der Waals surface area contributed by atoms with Crippen LogP contribution in [0.15, 0.2) is 109 Å². The molecular weight excluding hydrogens is 384 g/mol. The highest BCUT2D eigenvalue weighted by Crippen LogP contribution is 2.46. The molecule has 0 nitrogen and oxygen atoms in total. The van der Waals surface area contributed by atoms with Gasteiger partial charge in [-0.05, 0) is 78.5 Å². The first-order valence-electron chi connectivity index (χ1n) is 11.4. The zero-order valence-corrected chi connectivity index (χ0v) is 17.8. The van der Waals surface area contributed by atoms with E-state index in [2.05, 4.69) is 109 Å². The van der Waals surface area contributed by atoms with Crippen LogP contribution in [0.4, 0.5) is 0 Å². The fourth-order valence-corrected chi connectivity index (χ4v) is 5.75. The van der Waals surface area contributed by atoms with Gasteiger partial charge in [0.25, 0.3) is 0 Å². The summed E-state index contributed by atoms with van der Waals surface area (Å²) in [4.78, 5) is 0. The fourth-order valence-electron chi connectivity index (χ4n) is 5.75. The molecule has 2 aliphatic rings. The summed E-state index contributed by atoms with van der Waals surface area (Å²) in [5.41, 5.74) is 8.55. The molecule has 0 radical (unpaired) electrons. The molecule has 0 saturated heterocycles. The molecule has 0 N–H and O–H groups in total. The van der Waals surface area contributed by atoms with Gasteiger partial charge in [0, 0.05) is 0 Å². The summed E-state index contributed by atoms with van der Waals surface area (Å²) >= 11 is 0. The molecule has 0 heterocycles. The summed E-state index contributed by atoms with van der Waals surface area (Å²) in [6, 6.07) is 39.6. The Bertz CT molecular complexity index is 1610. The minimum atomic E-state index is 1.21. The van der Waals surface area contributed by atoms with Gasteiger partial charge < -0.3 is 0 Å². The van der Waals surface area contributed by atoms with Gasteiger partial charge >= 0.3 is 0 Å². The lowest BCUT2D eigenvalue weighted by molar-refractivity contribution is 1.03. The number of hydrogen-bond donors (Lipinski definition) is 0. The molecule has 0 fully saturated rings. The van der Waals surface area contributed by atoms with E-state index in [4.69, 9.17) is 0 Å². The third kappa shape index (κ3) is 2.50. The van der Waals surface area contributed by atoms with E-state index in [1.807, 2.05) is 0 Å². The third-order valence-corrected chi connectivity index (χ3v) is 7.13. The molecule has 0 saturated carbocycles. The topological polar surface area (TPSA) is 0 Å². The highest BCUT2D eigenvalue weighted by atomic mass is 14.2. The molecule has 0 aliphatic heterocycles. The van der Waals surface area contributed by atoms with Crippen molar-refractivity contribution in [3.63, 3.8) is 0 Å². The number of aryl methyl sites for hydroxylation is 2. The van der Waals surface area contributed by atoms with Crippen LogP contribution in [0.25, 0.3) is 54.6 Å². The van der Waals surface area contributed by atoms with E-state index in [-0.39, 0.29) is 0 Å². The lowest BCUT2D eigenvalue weighted by Gasteiger charge is -2.06. The average Bonchev–Trinajstić information content (AvgIpc) is 3.42. The largest absolute Gasteiger partial charge is 0.0616 e. The van der Waals surface area contributed by atoms with Crippen LogP contribution in [0.2, 0.25) is 0 Å². The summed E-state index contributed by atoms with van der Waals surface area (Å²) in [5.74, 6) is 0. The van der Waals surface area contributed by atoms with Crippen LogP contribution in [0.1, 0.15) is 11.1 Å². The minimum absolute atomic E-state index is 1.21. The minimum Gasteiger partial charge on any atom is -0.0616 e. The first-order chi connectivity index (χ1) is 15.9. The molecule has 6 aromatic rings. The monoisotopic (exact) mass is 406 g/mol. The zero-order chi connectivity index (χ0) is 21.1. The Morgan fingerprint density at radius 3 is 1.72 bits per heavy atom. The van der Waals surface area contributed by atoms with E-state index in [1.54, 1.807) is 0 Å². The lowest BCUT2D eigenvalue weighted by Crippen LogP contribution is -1.81. The standard InChI is InChI=1S/C16H10.C16H12/c1-2-8-13-12(7-1)14-9-3-5-11-6-4-10-15(13)16(11)14;1-2-6-14-12(4-1)10-13-9-8-11-5-3-7-15(14)16(11)13/h1-10H;1-7,10H,8-9H2. The van der Waals surface area contributed by atoms with Crippen LogP contribution in [0, 0.1) is 0 Å². The molecule has 0 amide bonds. The van der Waals surface area contributed by atoms with Crippen molar-refractivity contribution in [2.75, 3.05) is 0 Å². The van der Waals surface area contributed by atoms with Crippen LogP contribution < -0.4 is 0 Å². The normalized spacial score (nSPS) is 12.8. The predicted molar refractivity (Wildman–Crippen MR) is 137 cm³/mol. The molecule has 0 atom stereocenters. The van der Waals surface area contributed by atoms with Crippen molar-refractivity contribution < 1.29 is 0 Å². The summed E-state index contributed by atoms with van der Waals surface area (Å²) in [5, 5.41) is 8.47. The second-order valence-electron chi connectivity index (χ2n) is 8.85. The lowest BCUT2D eigenvalue weighted by atomic mass is 9.98. The average molecular weight is 407 g/mol. The van der Waals surface area contributed by atoms with Crippen LogP contribution in [-0.2, 0) is 12.8 Å². The van der Waals surface area contributed by atoms with Crippen LogP contribution in [-0.4, -0.2) is 0 Å². The van der Waals surface area contributed by atoms with Crippen molar-refractivity contribution in [3.05, 3.63) is 120 Å². The Kier molecular flexibility index (Phi) is 3.77. The van der Waals surface area contributed by atoms with Gasteiger partial charge in [-0.1, -0.05) is 109 Å². The van der Waals surface area contributed by atoms with Gasteiger partial charge in [0.1, 0.15) is 0 Å². The SMILES string of the molecule is c1ccc2c(c1)-c1cccc3cccc-2c13.c1ccc2c(c1)cc1c3c(cccc32)CC1. The Labute approximate surface area is 187 Å². The van der Waals surface area contributed by atoms with Crippen molar-refractivity contribution in [2.24, 2.45) is 0 Å². The quantitative estimate of drug-likeness (QED) is 0.221. The van der Waals surface area contributed by atoms with Crippen LogP contribution in [0.5, 0.6) is 0 Å². The van der Waals surface area contributed by atoms with Crippen molar-refractivity contribution in [1.29, 1.82) is 0 Å². The fraction of sp³-hybridized carbons (Fsp3) is 0.0625. The highest BCUT2D eigenvalue weighted by Gasteiger charge is 2.19. The molecule has 0 unspecified atom stereocenters. The van der Waals surface area contributed by atoms with E-state index in [1.165, 1.54) is 78.5 Å². The summed E-state index contributed by atoms with van der Waals surface area (Å²) < 4.78 is 0. The molecule has 0 heteroatoms.